The van der Waals surface area contributed by atoms with Crippen LogP contribution in [0.1, 0.15) is 43.1 Å². The molecule has 0 radical (unpaired) electrons. The second-order valence-corrected chi connectivity index (χ2v) is 5.90. The van der Waals surface area contributed by atoms with E-state index in [-0.39, 0.29) is 11.3 Å². The molecule has 4 heteroatoms. The molecule has 1 aliphatic heterocycles. The number of halogens is 1. The first-order chi connectivity index (χ1) is 8.43. The molecule has 0 N–H and O–H groups in total. The van der Waals surface area contributed by atoms with Crippen molar-refractivity contribution in [3.05, 3.63) is 33.8 Å². The van der Waals surface area contributed by atoms with Gasteiger partial charge in [-0.1, -0.05) is 22.9 Å². The fourth-order valence-corrected chi connectivity index (χ4v) is 2.21. The van der Waals surface area contributed by atoms with E-state index in [1.807, 2.05) is 39.0 Å². The number of hydrogen-bond acceptors (Lipinski definition) is 3. The lowest BCUT2D eigenvalue weighted by Crippen LogP contribution is -2.17. The summed E-state index contributed by atoms with van der Waals surface area (Å²) in [4.78, 5) is 16.5. The van der Waals surface area contributed by atoms with Gasteiger partial charge in [-0.15, -0.1) is 0 Å². The van der Waals surface area contributed by atoms with Crippen LogP contribution >= 0.6 is 15.9 Å². The van der Waals surface area contributed by atoms with Crippen LogP contribution < -0.4 is 0 Å². The highest BCUT2D eigenvalue weighted by Gasteiger charge is 2.29. The summed E-state index contributed by atoms with van der Waals surface area (Å²) in [5.41, 5.74) is 1.24. The molecule has 3 nitrogen and oxygen atoms in total. The molecule has 0 fully saturated rings. The number of hydrogen-bond donors (Lipinski definition) is 0. The van der Waals surface area contributed by atoms with E-state index in [0.29, 0.717) is 24.5 Å². The van der Waals surface area contributed by atoms with Crippen molar-refractivity contribution in [2.45, 2.75) is 32.7 Å². The molecule has 0 atom stereocenters. The van der Waals surface area contributed by atoms with Crippen LogP contribution in [0.25, 0.3) is 0 Å². The summed E-state index contributed by atoms with van der Waals surface area (Å²) >= 11 is 3.42. The third-order valence-corrected chi connectivity index (χ3v) is 3.29. The van der Waals surface area contributed by atoms with E-state index in [9.17, 15) is 4.79 Å². The van der Waals surface area contributed by atoms with Gasteiger partial charge >= 0.3 is 0 Å². The normalized spacial score (nSPS) is 17.2. The van der Waals surface area contributed by atoms with Crippen molar-refractivity contribution < 1.29 is 9.53 Å². The van der Waals surface area contributed by atoms with Crippen LogP contribution in [-0.4, -0.2) is 23.8 Å². The molecule has 0 aliphatic carbocycles. The lowest BCUT2D eigenvalue weighted by molar-refractivity contribution is 0.0987. The Balaban J connectivity index is 2.50. The molecule has 1 aromatic rings. The number of aliphatic imine (C=N–C) groups is 1. The third kappa shape index (κ3) is 2.64. The minimum absolute atomic E-state index is 0.105. The quantitative estimate of drug-likeness (QED) is 0.800. The standard InChI is InChI=1S/C14H16BrNO2/c1-4-12(17)10-6-5-9(15)7-11(10)13-16-14(2,3)8-18-13/h5-7H,4,8H2,1-3H3. The van der Waals surface area contributed by atoms with Crippen molar-refractivity contribution in [2.75, 3.05) is 6.61 Å². The molecule has 0 saturated carbocycles. The molecule has 0 saturated heterocycles. The van der Waals surface area contributed by atoms with Crippen LogP contribution in [0, 0.1) is 0 Å². The van der Waals surface area contributed by atoms with Crippen molar-refractivity contribution in [2.24, 2.45) is 4.99 Å². The highest BCUT2D eigenvalue weighted by Crippen LogP contribution is 2.25. The fraction of sp³-hybridized carbons (Fsp3) is 0.429. The Morgan fingerprint density at radius 3 is 2.78 bits per heavy atom. The number of nitrogens with zero attached hydrogens (tertiary/aromatic N) is 1. The molecule has 1 heterocycles. The zero-order chi connectivity index (χ0) is 13.3. The summed E-state index contributed by atoms with van der Waals surface area (Å²) in [5.74, 6) is 0.673. The zero-order valence-corrected chi connectivity index (χ0v) is 12.4. The molecule has 18 heavy (non-hydrogen) atoms. The number of benzene rings is 1. The average Bonchev–Trinajstić information content (AvgIpc) is 2.68. The molecule has 0 aromatic heterocycles. The Hall–Kier alpha value is -1.16. The predicted octanol–water partition coefficient (Wildman–Crippen LogP) is 3.60. The first-order valence-electron chi connectivity index (χ1n) is 5.99. The van der Waals surface area contributed by atoms with E-state index in [2.05, 4.69) is 20.9 Å². The smallest absolute Gasteiger partial charge is 0.217 e. The Morgan fingerprint density at radius 2 is 2.22 bits per heavy atom. The molecule has 0 spiro atoms. The molecule has 96 valence electrons. The molecule has 2 rings (SSSR count). The van der Waals surface area contributed by atoms with Crippen molar-refractivity contribution in [1.29, 1.82) is 0 Å². The van der Waals surface area contributed by atoms with Gasteiger partial charge in [0.2, 0.25) is 5.90 Å². The monoisotopic (exact) mass is 309 g/mol. The molecule has 1 aliphatic rings. The van der Waals surface area contributed by atoms with Crippen LogP contribution in [0.5, 0.6) is 0 Å². The molecular formula is C14H16BrNO2. The summed E-state index contributed by atoms with van der Waals surface area (Å²) in [6.45, 7) is 6.43. The maximum absolute atomic E-state index is 11.9. The average molecular weight is 310 g/mol. The van der Waals surface area contributed by atoms with Gasteiger partial charge in [-0.25, -0.2) is 4.99 Å². The van der Waals surface area contributed by atoms with E-state index in [1.54, 1.807) is 0 Å². The van der Waals surface area contributed by atoms with Gasteiger partial charge in [0.15, 0.2) is 5.78 Å². The minimum Gasteiger partial charge on any atom is -0.475 e. The van der Waals surface area contributed by atoms with Crippen LogP contribution in [0.2, 0.25) is 0 Å². The molecule has 0 bridgehead atoms. The van der Waals surface area contributed by atoms with E-state index in [1.165, 1.54) is 0 Å². The molecule has 1 aromatic carbocycles. The fourth-order valence-electron chi connectivity index (χ4n) is 1.85. The first-order valence-corrected chi connectivity index (χ1v) is 6.78. The van der Waals surface area contributed by atoms with E-state index >= 15 is 0 Å². The second-order valence-electron chi connectivity index (χ2n) is 4.98. The highest BCUT2D eigenvalue weighted by molar-refractivity contribution is 9.10. The Bertz CT molecular complexity index is 521. The number of carbonyl (C=O) groups is 1. The maximum atomic E-state index is 11.9. The SMILES string of the molecule is CCC(=O)c1ccc(Br)cc1C1=NC(C)(C)CO1. The molecule has 0 unspecified atom stereocenters. The minimum atomic E-state index is -0.218. The summed E-state index contributed by atoms with van der Waals surface area (Å²) in [5, 5.41) is 0. The van der Waals surface area contributed by atoms with Crippen LogP contribution in [0.15, 0.2) is 27.7 Å². The Kier molecular flexibility index (Phi) is 3.57. The van der Waals surface area contributed by atoms with Gasteiger partial charge in [0.25, 0.3) is 0 Å². The van der Waals surface area contributed by atoms with Gasteiger partial charge < -0.3 is 4.74 Å². The number of carbonyl (C=O) groups excluding carboxylic acids is 1. The second kappa shape index (κ2) is 4.84. The van der Waals surface area contributed by atoms with Crippen molar-refractivity contribution in [1.82, 2.24) is 0 Å². The summed E-state index contributed by atoms with van der Waals surface area (Å²) in [6, 6.07) is 5.58. The van der Waals surface area contributed by atoms with Crippen molar-refractivity contribution in [3.8, 4) is 0 Å². The zero-order valence-electron chi connectivity index (χ0n) is 10.8. The van der Waals surface area contributed by atoms with E-state index in [0.717, 1.165) is 10.0 Å². The van der Waals surface area contributed by atoms with E-state index in [4.69, 9.17) is 4.74 Å². The Morgan fingerprint density at radius 1 is 1.50 bits per heavy atom. The van der Waals surface area contributed by atoms with Crippen LogP contribution in [-0.2, 0) is 4.74 Å². The maximum Gasteiger partial charge on any atom is 0.217 e. The van der Waals surface area contributed by atoms with Crippen molar-refractivity contribution in [3.63, 3.8) is 0 Å². The lowest BCUT2D eigenvalue weighted by atomic mass is 10.0. The van der Waals surface area contributed by atoms with Gasteiger partial charge in [0, 0.05) is 22.0 Å². The van der Waals surface area contributed by atoms with Gasteiger partial charge in [0.05, 0.1) is 5.54 Å². The van der Waals surface area contributed by atoms with Gasteiger partial charge in [-0.05, 0) is 32.0 Å². The number of Topliss-reactive ketones (excluding diaryl/α,β-unsaturated/α-hetero) is 1. The third-order valence-electron chi connectivity index (χ3n) is 2.80. The summed E-state index contributed by atoms with van der Waals surface area (Å²) in [7, 11) is 0. The van der Waals surface area contributed by atoms with Gasteiger partial charge in [0.1, 0.15) is 6.61 Å². The summed E-state index contributed by atoms with van der Waals surface area (Å²) in [6.07, 6.45) is 0.477. The van der Waals surface area contributed by atoms with Gasteiger partial charge in [-0.3, -0.25) is 4.79 Å². The van der Waals surface area contributed by atoms with Gasteiger partial charge in [-0.2, -0.15) is 0 Å². The summed E-state index contributed by atoms with van der Waals surface area (Å²) < 4.78 is 6.54. The van der Waals surface area contributed by atoms with Crippen LogP contribution in [0.4, 0.5) is 0 Å². The predicted molar refractivity (Wildman–Crippen MR) is 75.3 cm³/mol. The topological polar surface area (TPSA) is 38.7 Å². The number of rotatable bonds is 3. The molecule has 0 amide bonds. The van der Waals surface area contributed by atoms with Crippen molar-refractivity contribution >= 4 is 27.6 Å². The first kappa shape index (κ1) is 13.3. The number of ketones is 1. The largest absolute Gasteiger partial charge is 0.475 e. The van der Waals surface area contributed by atoms with E-state index < -0.39 is 0 Å². The molecular weight excluding hydrogens is 294 g/mol. The Labute approximate surface area is 115 Å². The van der Waals surface area contributed by atoms with Crippen LogP contribution in [0.3, 0.4) is 0 Å². The lowest BCUT2D eigenvalue weighted by Gasteiger charge is -2.08. The number of ether oxygens (including phenoxy) is 1. The highest BCUT2D eigenvalue weighted by atomic mass is 79.9.